The lowest BCUT2D eigenvalue weighted by Gasteiger charge is -2.13. The third-order valence-corrected chi connectivity index (χ3v) is 6.52. The van der Waals surface area contributed by atoms with Crippen molar-refractivity contribution >= 4 is 40.2 Å². The molecule has 0 aliphatic rings. The Labute approximate surface area is 207 Å². The van der Waals surface area contributed by atoms with E-state index in [1.165, 1.54) is 27.9 Å². The molecule has 0 aliphatic carbocycles. The van der Waals surface area contributed by atoms with Gasteiger partial charge in [-0.05, 0) is 56.2 Å². The van der Waals surface area contributed by atoms with Gasteiger partial charge >= 0.3 is 0 Å². The van der Waals surface area contributed by atoms with E-state index in [9.17, 15) is 10.1 Å². The second-order valence-corrected chi connectivity index (χ2v) is 9.36. The Morgan fingerprint density at radius 3 is 2.62 bits per heavy atom. The van der Waals surface area contributed by atoms with Crippen LogP contribution in [0.15, 0.2) is 52.9 Å². The molecule has 0 radical (unpaired) electrons. The van der Waals surface area contributed by atoms with Crippen LogP contribution in [0.5, 0.6) is 11.5 Å². The summed E-state index contributed by atoms with van der Waals surface area (Å²) in [6.45, 7) is 6.89. The number of aryl methyl sites for hydroxylation is 2. The molecule has 3 aromatic rings. The normalized spacial score (nSPS) is 11.1. The third-order valence-electron chi connectivity index (χ3n) is 4.56. The van der Waals surface area contributed by atoms with Gasteiger partial charge in [-0.25, -0.2) is 0 Å². The Bertz CT molecular complexity index is 1180. The van der Waals surface area contributed by atoms with Gasteiger partial charge in [0.15, 0.2) is 11.5 Å². The minimum absolute atomic E-state index is 0.0427. The van der Waals surface area contributed by atoms with Crippen LogP contribution in [-0.4, -0.2) is 35.1 Å². The molecule has 0 saturated heterocycles. The maximum absolute atomic E-state index is 12.5. The Balaban J connectivity index is 1.65. The molecule has 0 atom stereocenters. The van der Waals surface area contributed by atoms with Crippen molar-refractivity contribution in [3.63, 3.8) is 0 Å². The van der Waals surface area contributed by atoms with E-state index < -0.39 is 5.91 Å². The lowest BCUT2D eigenvalue weighted by atomic mass is 10.1. The van der Waals surface area contributed by atoms with Gasteiger partial charge in [-0.15, -0.1) is 22.0 Å². The van der Waals surface area contributed by atoms with Crippen molar-refractivity contribution in [2.24, 2.45) is 0 Å². The van der Waals surface area contributed by atoms with E-state index >= 15 is 0 Å². The first-order valence-electron chi connectivity index (χ1n) is 10.9. The average molecular weight is 495 g/mol. The minimum atomic E-state index is -0.535. The van der Waals surface area contributed by atoms with Crippen LogP contribution in [0.1, 0.15) is 30.0 Å². The van der Waals surface area contributed by atoms with Crippen LogP contribution in [0.25, 0.3) is 6.08 Å². The number of nitrogens with zero attached hydrogens (tertiary/aromatic N) is 3. The van der Waals surface area contributed by atoms with E-state index in [2.05, 4.69) is 46.7 Å². The third kappa shape index (κ3) is 7.33. The molecular formula is C25H26N4O3S2. The summed E-state index contributed by atoms with van der Waals surface area (Å²) >= 11 is 3.01. The van der Waals surface area contributed by atoms with Crippen molar-refractivity contribution in [3.05, 3.63) is 64.2 Å². The van der Waals surface area contributed by atoms with Gasteiger partial charge in [-0.1, -0.05) is 42.0 Å². The number of hydrogen-bond donors (Lipinski definition) is 1. The number of carbonyl (C=O) groups excluding carboxylic acids is 1. The van der Waals surface area contributed by atoms with E-state index in [1.54, 1.807) is 30.0 Å². The number of amides is 1. The van der Waals surface area contributed by atoms with Gasteiger partial charge in [-0.2, -0.15) is 5.26 Å². The van der Waals surface area contributed by atoms with Crippen LogP contribution in [0.2, 0.25) is 0 Å². The Morgan fingerprint density at radius 2 is 1.94 bits per heavy atom. The molecule has 1 aromatic heterocycles. The molecule has 0 aliphatic heterocycles. The maximum Gasteiger partial charge on any atom is 0.268 e. The second kappa shape index (κ2) is 12.8. The lowest BCUT2D eigenvalue weighted by Crippen LogP contribution is -2.13. The van der Waals surface area contributed by atoms with Crippen molar-refractivity contribution in [1.29, 1.82) is 5.26 Å². The number of aromatic nitrogens is 2. The van der Waals surface area contributed by atoms with Gasteiger partial charge in [0.25, 0.3) is 5.91 Å². The van der Waals surface area contributed by atoms with Gasteiger partial charge in [0.05, 0.1) is 13.2 Å². The molecule has 9 heteroatoms. The first-order chi connectivity index (χ1) is 16.5. The SMILES string of the molecule is CCOc1cc(/C=C(/C#N)C(=O)Nc2nnc(CC)s2)ccc1OCCSc1ccc(C)cc1. The fraction of sp³-hybridized carbons (Fsp3) is 0.280. The molecule has 0 spiro atoms. The monoisotopic (exact) mass is 494 g/mol. The van der Waals surface area contributed by atoms with Gasteiger partial charge in [-0.3, -0.25) is 10.1 Å². The maximum atomic E-state index is 12.5. The number of benzene rings is 2. The van der Waals surface area contributed by atoms with Crippen LogP contribution in [0.4, 0.5) is 5.13 Å². The first-order valence-corrected chi connectivity index (χ1v) is 12.7. The molecule has 34 heavy (non-hydrogen) atoms. The quantitative estimate of drug-likeness (QED) is 0.162. The van der Waals surface area contributed by atoms with Crippen molar-refractivity contribution in [2.75, 3.05) is 24.3 Å². The molecule has 1 N–H and O–H groups in total. The number of nitrogens with one attached hydrogen (secondary N) is 1. The zero-order valence-corrected chi connectivity index (χ0v) is 21.0. The molecule has 1 amide bonds. The average Bonchev–Trinajstić information content (AvgIpc) is 3.30. The smallest absolute Gasteiger partial charge is 0.268 e. The molecule has 176 valence electrons. The van der Waals surface area contributed by atoms with Crippen molar-refractivity contribution in [3.8, 4) is 17.6 Å². The lowest BCUT2D eigenvalue weighted by molar-refractivity contribution is -0.112. The molecular weight excluding hydrogens is 468 g/mol. The molecule has 0 saturated carbocycles. The van der Waals surface area contributed by atoms with Gasteiger partial charge in [0.1, 0.15) is 16.6 Å². The van der Waals surface area contributed by atoms with Crippen molar-refractivity contribution < 1.29 is 14.3 Å². The number of nitriles is 1. The van der Waals surface area contributed by atoms with Crippen LogP contribution < -0.4 is 14.8 Å². The summed E-state index contributed by atoms with van der Waals surface area (Å²) in [6.07, 6.45) is 2.24. The highest BCUT2D eigenvalue weighted by Crippen LogP contribution is 2.30. The topological polar surface area (TPSA) is 97.1 Å². The zero-order chi connectivity index (χ0) is 24.3. The molecule has 7 nitrogen and oxygen atoms in total. The fourth-order valence-electron chi connectivity index (χ4n) is 2.87. The first kappa shape index (κ1) is 25.3. The van der Waals surface area contributed by atoms with Crippen molar-refractivity contribution in [1.82, 2.24) is 10.2 Å². The highest BCUT2D eigenvalue weighted by Gasteiger charge is 2.14. The Morgan fingerprint density at radius 1 is 1.15 bits per heavy atom. The van der Waals surface area contributed by atoms with Crippen LogP contribution in [0, 0.1) is 18.3 Å². The summed E-state index contributed by atoms with van der Waals surface area (Å²) in [5.41, 5.74) is 1.85. The number of rotatable bonds is 11. The van der Waals surface area contributed by atoms with Crippen molar-refractivity contribution in [2.45, 2.75) is 32.1 Å². The second-order valence-electron chi connectivity index (χ2n) is 7.13. The highest BCUT2D eigenvalue weighted by atomic mass is 32.2. The largest absolute Gasteiger partial charge is 0.490 e. The van der Waals surface area contributed by atoms with E-state index in [0.29, 0.717) is 35.4 Å². The zero-order valence-electron chi connectivity index (χ0n) is 19.3. The number of ether oxygens (including phenoxy) is 2. The molecule has 1 heterocycles. The predicted octanol–water partition coefficient (Wildman–Crippen LogP) is 5.52. The van der Waals surface area contributed by atoms with Gasteiger partial charge < -0.3 is 9.47 Å². The van der Waals surface area contributed by atoms with Crippen LogP contribution in [0.3, 0.4) is 0 Å². The number of hydrogen-bond acceptors (Lipinski definition) is 8. The minimum Gasteiger partial charge on any atom is -0.490 e. The molecule has 0 unspecified atom stereocenters. The summed E-state index contributed by atoms with van der Waals surface area (Å²) in [6, 6.07) is 15.7. The van der Waals surface area contributed by atoms with Gasteiger partial charge in [0.2, 0.25) is 5.13 Å². The van der Waals surface area contributed by atoms with E-state index in [-0.39, 0.29) is 5.57 Å². The highest BCUT2D eigenvalue weighted by molar-refractivity contribution is 7.99. The molecule has 0 fully saturated rings. The standard InChI is InChI=1S/C25H26N4O3S2/c1-4-23-28-29-25(34-23)27-24(30)19(16-26)14-18-8-11-21(22(15-18)31-5-2)32-12-13-33-20-9-6-17(3)7-10-20/h6-11,14-15H,4-5,12-13H2,1-3H3,(H,27,29,30)/b19-14-. The summed E-state index contributed by atoms with van der Waals surface area (Å²) in [5, 5.41) is 21.2. The van der Waals surface area contributed by atoms with E-state index in [4.69, 9.17) is 9.47 Å². The molecule has 0 bridgehead atoms. The number of thioether (sulfide) groups is 1. The summed E-state index contributed by atoms with van der Waals surface area (Å²) < 4.78 is 11.7. The van der Waals surface area contributed by atoms with E-state index in [1.807, 2.05) is 19.9 Å². The fourth-order valence-corrected chi connectivity index (χ4v) is 4.28. The Hall–Kier alpha value is -3.35. The predicted molar refractivity (Wildman–Crippen MR) is 137 cm³/mol. The van der Waals surface area contributed by atoms with E-state index in [0.717, 1.165) is 17.2 Å². The van der Waals surface area contributed by atoms with Crippen LogP contribution >= 0.6 is 23.1 Å². The van der Waals surface area contributed by atoms with Crippen LogP contribution in [-0.2, 0) is 11.2 Å². The number of anilines is 1. The molecule has 3 rings (SSSR count). The summed E-state index contributed by atoms with van der Waals surface area (Å²) in [7, 11) is 0. The summed E-state index contributed by atoms with van der Waals surface area (Å²) in [4.78, 5) is 13.7. The number of carbonyl (C=O) groups is 1. The Kier molecular flexibility index (Phi) is 9.50. The summed E-state index contributed by atoms with van der Waals surface area (Å²) in [5.74, 6) is 1.44. The molecule has 2 aromatic carbocycles. The van der Waals surface area contributed by atoms with Gasteiger partial charge in [0, 0.05) is 10.6 Å².